The van der Waals surface area contributed by atoms with Gasteiger partial charge in [0.1, 0.15) is 12.1 Å². The van der Waals surface area contributed by atoms with E-state index in [9.17, 15) is 4.79 Å². The Bertz CT molecular complexity index is 378. The van der Waals surface area contributed by atoms with Gasteiger partial charge in [-0.25, -0.2) is 9.97 Å². The van der Waals surface area contributed by atoms with Crippen LogP contribution in [0.15, 0.2) is 12.4 Å². The molecule has 1 saturated heterocycles. The number of carbonyl (C=O) groups excluding carboxylic acids is 1. The Kier molecular flexibility index (Phi) is 3.49. The van der Waals surface area contributed by atoms with Gasteiger partial charge in [-0.05, 0) is 12.8 Å². The van der Waals surface area contributed by atoms with Crippen LogP contribution in [0.2, 0.25) is 0 Å². The fourth-order valence-electron chi connectivity index (χ4n) is 1.99. The summed E-state index contributed by atoms with van der Waals surface area (Å²) in [6, 6.07) is 2.00. The first-order valence-electron chi connectivity index (χ1n) is 5.87. The maximum atomic E-state index is 11.4. The summed E-state index contributed by atoms with van der Waals surface area (Å²) < 4.78 is 0. The van der Waals surface area contributed by atoms with E-state index in [-0.39, 0.29) is 0 Å². The van der Waals surface area contributed by atoms with Crippen LogP contribution in [-0.4, -0.2) is 28.8 Å². The number of Topliss-reactive ketones (excluding diaryl/α,β-unsaturated/α-hetero) is 1. The second kappa shape index (κ2) is 5.05. The lowest BCUT2D eigenvalue weighted by molar-refractivity contribution is -0.118. The number of ketones is 1. The van der Waals surface area contributed by atoms with Gasteiger partial charge >= 0.3 is 0 Å². The Balaban J connectivity index is 2.12. The van der Waals surface area contributed by atoms with Crippen molar-refractivity contribution in [1.29, 1.82) is 0 Å². The molecule has 0 aliphatic carbocycles. The van der Waals surface area contributed by atoms with Crippen LogP contribution < -0.4 is 4.90 Å². The monoisotopic (exact) mass is 219 g/mol. The number of aryl methyl sites for hydroxylation is 1. The number of anilines is 1. The summed E-state index contributed by atoms with van der Waals surface area (Å²) in [5.74, 6) is 1.20. The van der Waals surface area contributed by atoms with E-state index in [1.54, 1.807) is 6.33 Å². The highest BCUT2D eigenvalue weighted by Crippen LogP contribution is 2.16. The van der Waals surface area contributed by atoms with Crippen LogP contribution in [0.1, 0.15) is 31.9 Å². The molecule has 1 aliphatic heterocycles. The summed E-state index contributed by atoms with van der Waals surface area (Å²) in [6.07, 6.45) is 5.29. The SMILES string of the molecule is CCCc1cc(N2CCCC(=O)C2)ncn1. The minimum Gasteiger partial charge on any atom is -0.349 e. The lowest BCUT2D eigenvalue weighted by Crippen LogP contribution is -2.36. The van der Waals surface area contributed by atoms with E-state index >= 15 is 0 Å². The average molecular weight is 219 g/mol. The highest BCUT2D eigenvalue weighted by Gasteiger charge is 2.18. The highest BCUT2D eigenvalue weighted by atomic mass is 16.1. The molecule has 1 fully saturated rings. The standard InChI is InChI=1S/C12H17N3O/c1-2-4-10-7-12(14-9-13-10)15-6-3-5-11(16)8-15/h7,9H,2-6,8H2,1H3. The van der Waals surface area contributed by atoms with Gasteiger partial charge in [-0.15, -0.1) is 0 Å². The molecule has 0 N–H and O–H groups in total. The van der Waals surface area contributed by atoms with Crippen molar-refractivity contribution in [3.05, 3.63) is 18.1 Å². The number of nitrogens with zero attached hydrogens (tertiary/aromatic N) is 3. The first-order valence-corrected chi connectivity index (χ1v) is 5.87. The number of aromatic nitrogens is 2. The molecule has 0 unspecified atom stereocenters. The molecule has 0 saturated carbocycles. The van der Waals surface area contributed by atoms with E-state index in [4.69, 9.17) is 0 Å². The lowest BCUT2D eigenvalue weighted by atomic mass is 10.1. The summed E-state index contributed by atoms with van der Waals surface area (Å²) in [7, 11) is 0. The third-order valence-corrected chi connectivity index (χ3v) is 2.79. The molecular formula is C12H17N3O. The van der Waals surface area contributed by atoms with E-state index in [0.29, 0.717) is 18.7 Å². The summed E-state index contributed by atoms with van der Waals surface area (Å²) >= 11 is 0. The fourth-order valence-corrected chi connectivity index (χ4v) is 1.99. The quantitative estimate of drug-likeness (QED) is 0.774. The van der Waals surface area contributed by atoms with Crippen LogP contribution in [0, 0.1) is 0 Å². The van der Waals surface area contributed by atoms with Gasteiger partial charge in [0.2, 0.25) is 0 Å². The zero-order valence-corrected chi connectivity index (χ0v) is 9.65. The molecule has 1 aliphatic rings. The molecule has 0 spiro atoms. The van der Waals surface area contributed by atoms with E-state index in [1.165, 1.54) is 0 Å². The zero-order chi connectivity index (χ0) is 11.4. The first kappa shape index (κ1) is 11.0. The molecule has 0 amide bonds. The smallest absolute Gasteiger partial charge is 0.152 e. The molecule has 0 bridgehead atoms. The number of hydrogen-bond donors (Lipinski definition) is 0. The molecule has 86 valence electrons. The molecule has 16 heavy (non-hydrogen) atoms. The van der Waals surface area contributed by atoms with E-state index in [0.717, 1.165) is 37.3 Å². The average Bonchev–Trinajstić information content (AvgIpc) is 2.30. The Labute approximate surface area is 95.7 Å². The molecule has 1 aromatic heterocycles. The van der Waals surface area contributed by atoms with Crippen LogP contribution in [0.3, 0.4) is 0 Å². The molecule has 4 heteroatoms. The van der Waals surface area contributed by atoms with Gasteiger partial charge in [0.05, 0.1) is 6.54 Å². The topological polar surface area (TPSA) is 46.1 Å². The van der Waals surface area contributed by atoms with Crippen LogP contribution in [0.5, 0.6) is 0 Å². The van der Waals surface area contributed by atoms with Crippen molar-refractivity contribution in [2.24, 2.45) is 0 Å². The minimum absolute atomic E-state index is 0.307. The second-order valence-corrected chi connectivity index (χ2v) is 4.18. The predicted molar refractivity (Wildman–Crippen MR) is 62.5 cm³/mol. The number of rotatable bonds is 3. The Morgan fingerprint density at radius 2 is 2.31 bits per heavy atom. The number of carbonyl (C=O) groups is 1. The largest absolute Gasteiger partial charge is 0.349 e. The number of piperidine rings is 1. The van der Waals surface area contributed by atoms with Crippen LogP contribution in [-0.2, 0) is 11.2 Å². The van der Waals surface area contributed by atoms with Crippen molar-refractivity contribution >= 4 is 11.6 Å². The Hall–Kier alpha value is -1.45. The van der Waals surface area contributed by atoms with Gasteiger partial charge in [-0.2, -0.15) is 0 Å². The molecule has 2 heterocycles. The van der Waals surface area contributed by atoms with Crippen molar-refractivity contribution in [2.75, 3.05) is 18.0 Å². The Morgan fingerprint density at radius 3 is 3.06 bits per heavy atom. The molecule has 4 nitrogen and oxygen atoms in total. The predicted octanol–water partition coefficient (Wildman–Crippen LogP) is 1.60. The molecule has 0 radical (unpaired) electrons. The van der Waals surface area contributed by atoms with E-state index in [2.05, 4.69) is 16.9 Å². The van der Waals surface area contributed by atoms with Crippen molar-refractivity contribution in [2.45, 2.75) is 32.6 Å². The van der Waals surface area contributed by atoms with Crippen molar-refractivity contribution in [3.63, 3.8) is 0 Å². The van der Waals surface area contributed by atoms with Gasteiger partial charge in [0, 0.05) is 24.7 Å². The molecule has 0 aromatic carbocycles. The van der Waals surface area contributed by atoms with Crippen LogP contribution >= 0.6 is 0 Å². The summed E-state index contributed by atoms with van der Waals surface area (Å²) in [5, 5.41) is 0. The van der Waals surface area contributed by atoms with Crippen molar-refractivity contribution in [1.82, 2.24) is 9.97 Å². The summed E-state index contributed by atoms with van der Waals surface area (Å²) in [4.78, 5) is 21.9. The lowest BCUT2D eigenvalue weighted by Gasteiger charge is -2.26. The van der Waals surface area contributed by atoms with Gasteiger partial charge in [0.15, 0.2) is 5.78 Å². The minimum atomic E-state index is 0.307. The maximum absolute atomic E-state index is 11.4. The van der Waals surface area contributed by atoms with Gasteiger partial charge in [-0.1, -0.05) is 13.3 Å². The van der Waals surface area contributed by atoms with Crippen LogP contribution in [0.25, 0.3) is 0 Å². The molecule has 0 atom stereocenters. The molecular weight excluding hydrogens is 202 g/mol. The van der Waals surface area contributed by atoms with Gasteiger partial charge in [0.25, 0.3) is 0 Å². The summed E-state index contributed by atoms with van der Waals surface area (Å²) in [6.45, 7) is 3.56. The number of hydrogen-bond acceptors (Lipinski definition) is 4. The van der Waals surface area contributed by atoms with Crippen molar-refractivity contribution in [3.8, 4) is 0 Å². The van der Waals surface area contributed by atoms with E-state index < -0.39 is 0 Å². The van der Waals surface area contributed by atoms with Gasteiger partial charge in [-0.3, -0.25) is 4.79 Å². The molecule has 2 rings (SSSR count). The summed E-state index contributed by atoms with van der Waals surface area (Å²) in [5.41, 5.74) is 1.06. The Morgan fingerprint density at radius 1 is 1.44 bits per heavy atom. The normalized spacial score (nSPS) is 16.6. The first-order chi connectivity index (χ1) is 7.79. The fraction of sp³-hybridized carbons (Fsp3) is 0.583. The van der Waals surface area contributed by atoms with E-state index in [1.807, 2.05) is 11.0 Å². The van der Waals surface area contributed by atoms with Crippen LogP contribution in [0.4, 0.5) is 5.82 Å². The van der Waals surface area contributed by atoms with Crippen molar-refractivity contribution < 1.29 is 4.79 Å². The molecule has 1 aromatic rings. The third-order valence-electron chi connectivity index (χ3n) is 2.79. The highest BCUT2D eigenvalue weighted by molar-refractivity contribution is 5.84. The van der Waals surface area contributed by atoms with Gasteiger partial charge < -0.3 is 4.90 Å². The maximum Gasteiger partial charge on any atom is 0.152 e. The zero-order valence-electron chi connectivity index (χ0n) is 9.65. The second-order valence-electron chi connectivity index (χ2n) is 4.18. The third kappa shape index (κ3) is 2.56.